The Morgan fingerprint density at radius 3 is 2.75 bits per heavy atom. The van der Waals surface area contributed by atoms with E-state index in [1.54, 1.807) is 0 Å². The first-order chi connectivity index (χ1) is 9.44. The molecule has 0 aromatic heterocycles. The topological polar surface area (TPSA) is 92.5 Å². The van der Waals surface area contributed by atoms with E-state index in [0.29, 0.717) is 19.6 Å². The van der Waals surface area contributed by atoms with Crippen molar-refractivity contribution in [3.63, 3.8) is 0 Å². The van der Waals surface area contributed by atoms with Gasteiger partial charge in [-0.3, -0.25) is 10.1 Å². The maximum atomic E-state index is 12.6. The average molecular weight is 299 g/mol. The molecule has 1 aromatic carbocycles. The van der Waals surface area contributed by atoms with Crippen LogP contribution in [0.4, 0.5) is 5.69 Å². The Morgan fingerprint density at radius 2 is 2.05 bits per heavy atom. The first kappa shape index (κ1) is 14.9. The van der Waals surface area contributed by atoms with E-state index in [4.69, 9.17) is 0 Å². The Hall–Kier alpha value is -1.51. The molecule has 2 rings (SSSR count). The van der Waals surface area contributed by atoms with Crippen molar-refractivity contribution in [1.82, 2.24) is 9.62 Å². The zero-order chi connectivity index (χ0) is 14.8. The fourth-order valence-electron chi connectivity index (χ4n) is 2.28. The summed E-state index contributed by atoms with van der Waals surface area (Å²) in [6.07, 6.45) is 0.729. The van der Waals surface area contributed by atoms with Crippen LogP contribution in [0.3, 0.4) is 0 Å². The molecule has 1 heterocycles. The molecule has 0 atom stereocenters. The van der Waals surface area contributed by atoms with E-state index in [1.807, 2.05) is 0 Å². The van der Waals surface area contributed by atoms with Gasteiger partial charge in [0.15, 0.2) is 0 Å². The summed E-state index contributed by atoms with van der Waals surface area (Å²) in [4.78, 5) is 10.4. The summed E-state index contributed by atoms with van der Waals surface area (Å²) in [5.41, 5.74) is 0.0220. The first-order valence-corrected chi connectivity index (χ1v) is 7.83. The van der Waals surface area contributed by atoms with Crippen molar-refractivity contribution in [2.45, 2.75) is 18.2 Å². The summed E-state index contributed by atoms with van der Waals surface area (Å²) < 4.78 is 26.6. The molecule has 1 N–H and O–H groups in total. The van der Waals surface area contributed by atoms with Crippen LogP contribution in [0.25, 0.3) is 0 Å². The highest BCUT2D eigenvalue weighted by molar-refractivity contribution is 7.89. The molecule has 0 radical (unpaired) electrons. The van der Waals surface area contributed by atoms with E-state index in [9.17, 15) is 18.5 Å². The Bertz CT molecular complexity index is 607. The quantitative estimate of drug-likeness (QED) is 0.661. The fourth-order valence-corrected chi connectivity index (χ4v) is 4.00. The monoisotopic (exact) mass is 299 g/mol. The fraction of sp³-hybridized carbons (Fsp3) is 0.500. The van der Waals surface area contributed by atoms with Crippen molar-refractivity contribution in [2.75, 3.05) is 26.2 Å². The van der Waals surface area contributed by atoms with Crippen LogP contribution in [0, 0.1) is 17.0 Å². The van der Waals surface area contributed by atoms with E-state index < -0.39 is 14.9 Å². The lowest BCUT2D eigenvalue weighted by Crippen LogP contribution is -2.34. The van der Waals surface area contributed by atoms with Crippen molar-refractivity contribution in [2.24, 2.45) is 0 Å². The van der Waals surface area contributed by atoms with Gasteiger partial charge in [0, 0.05) is 31.3 Å². The molecule has 7 nitrogen and oxygen atoms in total. The van der Waals surface area contributed by atoms with E-state index >= 15 is 0 Å². The first-order valence-electron chi connectivity index (χ1n) is 6.39. The average Bonchev–Trinajstić information content (AvgIpc) is 2.67. The molecular weight excluding hydrogens is 282 g/mol. The van der Waals surface area contributed by atoms with Gasteiger partial charge in [0.25, 0.3) is 5.69 Å². The van der Waals surface area contributed by atoms with Crippen molar-refractivity contribution < 1.29 is 13.3 Å². The molecule has 0 bridgehead atoms. The number of benzene rings is 1. The van der Waals surface area contributed by atoms with Crippen molar-refractivity contribution >= 4 is 15.7 Å². The third-order valence-electron chi connectivity index (χ3n) is 3.37. The van der Waals surface area contributed by atoms with E-state index in [-0.39, 0.29) is 16.1 Å². The molecule has 0 amide bonds. The Balaban J connectivity index is 2.43. The number of nitrogens with one attached hydrogen (secondary N) is 1. The van der Waals surface area contributed by atoms with E-state index in [0.717, 1.165) is 13.0 Å². The van der Waals surface area contributed by atoms with Crippen molar-refractivity contribution in [1.29, 1.82) is 0 Å². The van der Waals surface area contributed by atoms with Gasteiger partial charge in [-0.1, -0.05) is 6.07 Å². The lowest BCUT2D eigenvalue weighted by Gasteiger charge is -2.20. The van der Waals surface area contributed by atoms with Gasteiger partial charge in [-0.15, -0.1) is 0 Å². The summed E-state index contributed by atoms with van der Waals surface area (Å²) in [5, 5.41) is 14.1. The van der Waals surface area contributed by atoms with E-state index in [2.05, 4.69) is 5.32 Å². The van der Waals surface area contributed by atoms with Crippen LogP contribution < -0.4 is 5.32 Å². The Morgan fingerprint density at radius 1 is 1.30 bits per heavy atom. The number of hydrogen-bond acceptors (Lipinski definition) is 5. The molecular formula is C12H17N3O4S. The lowest BCUT2D eigenvalue weighted by molar-refractivity contribution is -0.385. The van der Waals surface area contributed by atoms with Gasteiger partial charge in [0.2, 0.25) is 10.0 Å². The van der Waals surface area contributed by atoms with Gasteiger partial charge in [0.05, 0.1) is 9.82 Å². The van der Waals surface area contributed by atoms with Gasteiger partial charge in [-0.25, -0.2) is 8.42 Å². The number of rotatable bonds is 3. The highest BCUT2D eigenvalue weighted by Gasteiger charge is 2.29. The zero-order valence-electron chi connectivity index (χ0n) is 11.2. The molecule has 110 valence electrons. The van der Waals surface area contributed by atoms with Crippen LogP contribution in [-0.2, 0) is 10.0 Å². The van der Waals surface area contributed by atoms with Crippen molar-refractivity contribution in [3.8, 4) is 0 Å². The molecule has 0 spiro atoms. The van der Waals surface area contributed by atoms with Crippen LogP contribution in [0.15, 0.2) is 23.1 Å². The molecule has 1 saturated heterocycles. The highest BCUT2D eigenvalue weighted by Crippen LogP contribution is 2.27. The predicted octanol–water partition coefficient (Wildman–Crippen LogP) is 0.887. The zero-order valence-corrected chi connectivity index (χ0v) is 12.0. The van der Waals surface area contributed by atoms with Crippen LogP contribution in [-0.4, -0.2) is 43.8 Å². The van der Waals surface area contributed by atoms with Gasteiger partial charge in [-0.2, -0.15) is 4.31 Å². The largest absolute Gasteiger partial charge is 0.315 e. The van der Waals surface area contributed by atoms with Crippen LogP contribution >= 0.6 is 0 Å². The normalized spacial score (nSPS) is 17.6. The van der Waals surface area contributed by atoms with Gasteiger partial charge < -0.3 is 5.32 Å². The molecule has 1 aliphatic rings. The van der Waals surface area contributed by atoms with E-state index in [1.165, 1.54) is 29.4 Å². The smallest absolute Gasteiger partial charge is 0.273 e. The minimum atomic E-state index is -3.68. The summed E-state index contributed by atoms with van der Waals surface area (Å²) in [5.74, 6) is 0. The molecule has 1 aromatic rings. The van der Waals surface area contributed by atoms with Crippen LogP contribution in [0.5, 0.6) is 0 Å². The second-order valence-corrected chi connectivity index (χ2v) is 6.57. The second-order valence-electron chi connectivity index (χ2n) is 4.67. The highest BCUT2D eigenvalue weighted by atomic mass is 32.2. The number of nitrogens with zero attached hydrogens (tertiary/aromatic N) is 2. The summed E-state index contributed by atoms with van der Waals surface area (Å²) in [6.45, 7) is 3.65. The maximum absolute atomic E-state index is 12.6. The maximum Gasteiger partial charge on any atom is 0.273 e. The molecule has 0 aliphatic carbocycles. The third-order valence-corrected chi connectivity index (χ3v) is 5.41. The lowest BCUT2D eigenvalue weighted by atomic mass is 10.2. The van der Waals surface area contributed by atoms with Gasteiger partial charge >= 0.3 is 0 Å². The number of nitro groups is 1. The molecule has 0 unspecified atom stereocenters. The SMILES string of the molecule is Cc1c([N+](=O)[O-])cccc1S(=O)(=O)N1CCCNCC1. The molecule has 20 heavy (non-hydrogen) atoms. The molecule has 8 heteroatoms. The molecule has 1 fully saturated rings. The van der Waals surface area contributed by atoms with Crippen LogP contribution in [0.2, 0.25) is 0 Å². The molecule has 0 saturated carbocycles. The predicted molar refractivity (Wildman–Crippen MR) is 74.1 cm³/mol. The summed E-state index contributed by atoms with van der Waals surface area (Å²) in [6, 6.07) is 4.16. The van der Waals surface area contributed by atoms with Crippen molar-refractivity contribution in [3.05, 3.63) is 33.9 Å². The summed E-state index contributed by atoms with van der Waals surface area (Å²) in [7, 11) is -3.68. The third kappa shape index (κ3) is 2.82. The van der Waals surface area contributed by atoms with Gasteiger partial charge in [0.1, 0.15) is 0 Å². The minimum absolute atomic E-state index is 0.0219. The minimum Gasteiger partial charge on any atom is -0.315 e. The Labute approximate surface area is 117 Å². The number of nitro benzene ring substituents is 1. The number of hydrogen-bond donors (Lipinski definition) is 1. The van der Waals surface area contributed by atoms with Gasteiger partial charge in [-0.05, 0) is 26.0 Å². The Kier molecular flexibility index (Phi) is 4.36. The van der Waals surface area contributed by atoms with Crippen LogP contribution in [0.1, 0.15) is 12.0 Å². The molecule has 1 aliphatic heterocycles. The summed E-state index contributed by atoms with van der Waals surface area (Å²) >= 11 is 0. The number of sulfonamides is 1. The second kappa shape index (κ2) is 5.86. The standard InChI is InChI=1S/C12H17N3O4S/c1-10-11(15(16)17)4-2-5-12(10)20(18,19)14-8-3-6-13-7-9-14/h2,4-5,13H,3,6-9H2,1H3.